The van der Waals surface area contributed by atoms with Crippen LogP contribution >= 0.6 is 0 Å². The van der Waals surface area contributed by atoms with Crippen LogP contribution in [0.3, 0.4) is 0 Å². The van der Waals surface area contributed by atoms with Gasteiger partial charge in [-0.3, -0.25) is 14.9 Å². The molecule has 6 heteroatoms. The zero-order valence-corrected chi connectivity index (χ0v) is 12.3. The van der Waals surface area contributed by atoms with Gasteiger partial charge in [0, 0.05) is 12.1 Å². The van der Waals surface area contributed by atoms with Crippen LogP contribution in [0, 0.1) is 10.1 Å². The number of hydrogen-bond acceptors (Lipinski definition) is 4. The fraction of sp³-hybridized carbons (Fsp3) is 0.188. The first-order chi connectivity index (χ1) is 10.5. The zero-order chi connectivity index (χ0) is 16.1. The van der Waals surface area contributed by atoms with Crippen molar-refractivity contribution in [2.24, 2.45) is 0 Å². The number of rotatable bonds is 5. The summed E-state index contributed by atoms with van der Waals surface area (Å²) in [5.41, 5.74) is 1.04. The second kappa shape index (κ2) is 6.71. The summed E-state index contributed by atoms with van der Waals surface area (Å²) in [4.78, 5) is 22.7. The van der Waals surface area contributed by atoms with Crippen LogP contribution in [0.2, 0.25) is 0 Å². The standard InChI is InChI=1S/C16H16N2O4/c1-11(12-6-4-3-5-7-12)16(19)17-14-10-13(18(20)21)8-9-15(14)22-2/h3-11H,1-2H3,(H,17,19)/t11-/m0/s1. The molecular formula is C16H16N2O4. The smallest absolute Gasteiger partial charge is 0.271 e. The molecule has 0 fully saturated rings. The van der Waals surface area contributed by atoms with Crippen LogP contribution in [0.4, 0.5) is 11.4 Å². The molecule has 1 amide bonds. The molecule has 6 nitrogen and oxygen atoms in total. The number of carbonyl (C=O) groups excluding carboxylic acids is 1. The van der Waals surface area contributed by atoms with Crippen LogP contribution in [0.1, 0.15) is 18.4 Å². The summed E-state index contributed by atoms with van der Waals surface area (Å²) >= 11 is 0. The lowest BCUT2D eigenvalue weighted by Crippen LogP contribution is -2.19. The number of benzene rings is 2. The number of hydrogen-bond donors (Lipinski definition) is 1. The van der Waals surface area contributed by atoms with Crippen LogP contribution in [0.25, 0.3) is 0 Å². The Morgan fingerprint density at radius 3 is 2.50 bits per heavy atom. The van der Waals surface area contributed by atoms with Gasteiger partial charge >= 0.3 is 0 Å². The minimum absolute atomic E-state index is 0.108. The van der Waals surface area contributed by atoms with E-state index in [9.17, 15) is 14.9 Å². The second-order valence-corrected chi connectivity index (χ2v) is 4.76. The van der Waals surface area contributed by atoms with Crippen molar-refractivity contribution in [2.75, 3.05) is 12.4 Å². The molecule has 1 N–H and O–H groups in total. The molecular weight excluding hydrogens is 284 g/mol. The number of nitro benzene ring substituents is 1. The van der Waals surface area contributed by atoms with Gasteiger partial charge in [0.05, 0.1) is 23.6 Å². The van der Waals surface area contributed by atoms with Crippen molar-refractivity contribution in [1.29, 1.82) is 0 Å². The molecule has 0 bridgehead atoms. The maximum Gasteiger partial charge on any atom is 0.271 e. The van der Waals surface area contributed by atoms with Gasteiger partial charge in [-0.25, -0.2) is 0 Å². The van der Waals surface area contributed by atoms with Crippen molar-refractivity contribution in [3.63, 3.8) is 0 Å². The van der Waals surface area contributed by atoms with Crippen LogP contribution in [0.15, 0.2) is 48.5 Å². The summed E-state index contributed by atoms with van der Waals surface area (Å²) < 4.78 is 5.13. The predicted molar refractivity (Wildman–Crippen MR) is 83.1 cm³/mol. The Kier molecular flexibility index (Phi) is 4.73. The Balaban J connectivity index is 2.24. The fourth-order valence-corrected chi connectivity index (χ4v) is 2.04. The first kappa shape index (κ1) is 15.5. The van der Waals surface area contributed by atoms with Gasteiger partial charge in [0.15, 0.2) is 0 Å². The summed E-state index contributed by atoms with van der Waals surface area (Å²) in [6.07, 6.45) is 0. The first-order valence-corrected chi connectivity index (χ1v) is 6.71. The number of carbonyl (C=O) groups is 1. The third-order valence-electron chi connectivity index (χ3n) is 3.34. The van der Waals surface area contributed by atoms with Gasteiger partial charge in [0.2, 0.25) is 5.91 Å². The SMILES string of the molecule is COc1ccc([N+](=O)[O-])cc1NC(=O)[C@@H](C)c1ccccc1. The topological polar surface area (TPSA) is 81.5 Å². The maximum atomic E-state index is 12.3. The van der Waals surface area contributed by atoms with E-state index in [4.69, 9.17) is 4.74 Å². The minimum Gasteiger partial charge on any atom is -0.495 e. The predicted octanol–water partition coefficient (Wildman–Crippen LogP) is 3.35. The van der Waals surface area contributed by atoms with E-state index in [1.807, 2.05) is 30.3 Å². The van der Waals surface area contributed by atoms with Crippen LogP contribution in [0.5, 0.6) is 5.75 Å². The second-order valence-electron chi connectivity index (χ2n) is 4.76. The maximum absolute atomic E-state index is 12.3. The summed E-state index contributed by atoms with van der Waals surface area (Å²) in [5, 5.41) is 13.5. The van der Waals surface area contributed by atoms with Crippen molar-refractivity contribution in [3.8, 4) is 5.75 Å². The molecule has 0 radical (unpaired) electrons. The highest BCUT2D eigenvalue weighted by molar-refractivity contribution is 5.97. The summed E-state index contributed by atoms with van der Waals surface area (Å²) in [6, 6.07) is 13.4. The Labute approximate surface area is 127 Å². The van der Waals surface area contributed by atoms with Gasteiger partial charge < -0.3 is 10.1 Å². The number of amides is 1. The highest BCUT2D eigenvalue weighted by atomic mass is 16.6. The monoisotopic (exact) mass is 300 g/mol. The Hall–Kier alpha value is -2.89. The summed E-state index contributed by atoms with van der Waals surface area (Å²) in [7, 11) is 1.44. The van der Waals surface area contributed by atoms with E-state index in [0.29, 0.717) is 5.75 Å². The van der Waals surface area contributed by atoms with Gasteiger partial charge in [-0.2, -0.15) is 0 Å². The summed E-state index contributed by atoms with van der Waals surface area (Å²) in [5.74, 6) is -0.269. The van der Waals surface area contributed by atoms with E-state index < -0.39 is 4.92 Å². The van der Waals surface area contributed by atoms with Crippen molar-refractivity contribution >= 4 is 17.3 Å². The molecule has 2 rings (SSSR count). The fourth-order valence-electron chi connectivity index (χ4n) is 2.04. The zero-order valence-electron chi connectivity index (χ0n) is 12.3. The molecule has 0 aliphatic carbocycles. The molecule has 0 saturated carbocycles. The number of non-ortho nitro benzene ring substituents is 1. The van der Waals surface area contributed by atoms with Crippen molar-refractivity contribution < 1.29 is 14.5 Å². The van der Waals surface area contributed by atoms with E-state index in [2.05, 4.69) is 5.32 Å². The molecule has 0 heterocycles. The minimum atomic E-state index is -0.518. The first-order valence-electron chi connectivity index (χ1n) is 6.71. The largest absolute Gasteiger partial charge is 0.495 e. The Bertz CT molecular complexity index is 686. The number of nitrogens with one attached hydrogen (secondary N) is 1. The highest BCUT2D eigenvalue weighted by Crippen LogP contribution is 2.30. The lowest BCUT2D eigenvalue weighted by molar-refractivity contribution is -0.384. The average molecular weight is 300 g/mol. The lowest BCUT2D eigenvalue weighted by atomic mass is 10.0. The van der Waals surface area contributed by atoms with Gasteiger partial charge in [0.25, 0.3) is 5.69 Å². The molecule has 0 saturated heterocycles. The van der Waals surface area contributed by atoms with E-state index in [-0.39, 0.29) is 23.2 Å². The molecule has 1 atom stereocenters. The van der Waals surface area contributed by atoms with Crippen LogP contribution < -0.4 is 10.1 Å². The van der Waals surface area contributed by atoms with E-state index >= 15 is 0 Å². The molecule has 0 aliphatic rings. The molecule has 0 spiro atoms. The third kappa shape index (κ3) is 3.41. The number of anilines is 1. The van der Waals surface area contributed by atoms with E-state index in [1.54, 1.807) is 6.92 Å². The molecule has 114 valence electrons. The molecule has 2 aromatic carbocycles. The molecule has 0 aromatic heterocycles. The summed E-state index contributed by atoms with van der Waals surface area (Å²) in [6.45, 7) is 1.77. The molecule has 22 heavy (non-hydrogen) atoms. The highest BCUT2D eigenvalue weighted by Gasteiger charge is 2.18. The number of nitrogens with zero attached hydrogens (tertiary/aromatic N) is 1. The van der Waals surface area contributed by atoms with Crippen molar-refractivity contribution in [3.05, 3.63) is 64.2 Å². The average Bonchev–Trinajstić information content (AvgIpc) is 2.54. The Morgan fingerprint density at radius 1 is 1.23 bits per heavy atom. The van der Waals surface area contributed by atoms with Gasteiger partial charge in [-0.15, -0.1) is 0 Å². The van der Waals surface area contributed by atoms with Crippen LogP contribution in [-0.2, 0) is 4.79 Å². The number of ether oxygens (including phenoxy) is 1. The third-order valence-corrected chi connectivity index (χ3v) is 3.34. The number of methoxy groups -OCH3 is 1. The van der Waals surface area contributed by atoms with Gasteiger partial charge in [-0.1, -0.05) is 30.3 Å². The molecule has 2 aromatic rings. The van der Waals surface area contributed by atoms with Gasteiger partial charge in [0.1, 0.15) is 5.75 Å². The normalized spacial score (nSPS) is 11.5. The quantitative estimate of drug-likeness (QED) is 0.678. The molecule has 0 aliphatic heterocycles. The number of nitro groups is 1. The van der Waals surface area contributed by atoms with Crippen molar-refractivity contribution in [2.45, 2.75) is 12.8 Å². The molecule has 0 unspecified atom stereocenters. The van der Waals surface area contributed by atoms with E-state index in [1.165, 1.54) is 25.3 Å². The van der Waals surface area contributed by atoms with Gasteiger partial charge in [-0.05, 0) is 18.6 Å². The lowest BCUT2D eigenvalue weighted by Gasteiger charge is -2.14. The Morgan fingerprint density at radius 2 is 1.91 bits per heavy atom. The van der Waals surface area contributed by atoms with Crippen LogP contribution in [-0.4, -0.2) is 17.9 Å². The van der Waals surface area contributed by atoms with E-state index in [0.717, 1.165) is 5.56 Å². The van der Waals surface area contributed by atoms with Crippen molar-refractivity contribution in [1.82, 2.24) is 0 Å².